The van der Waals surface area contributed by atoms with Gasteiger partial charge in [0.25, 0.3) is 0 Å². The largest absolute Gasteiger partial charge is 0.439 e. The first-order valence-electron chi connectivity index (χ1n) is 6.43. The fraction of sp³-hybridized carbons (Fsp3) is 0.400. The Morgan fingerprint density at radius 3 is 2.68 bits per heavy atom. The molecule has 1 heterocycles. The highest BCUT2D eigenvalue weighted by atomic mass is 16.5. The topological polar surface area (TPSA) is 47.3 Å². The molecule has 0 aliphatic carbocycles. The number of hydrogen-bond acceptors (Lipinski definition) is 4. The van der Waals surface area contributed by atoms with Gasteiger partial charge in [0, 0.05) is 19.2 Å². The molecule has 0 unspecified atom stereocenters. The van der Waals surface area contributed by atoms with Crippen molar-refractivity contribution >= 4 is 0 Å². The molecule has 2 rings (SSSR count). The lowest BCUT2D eigenvalue weighted by Crippen LogP contribution is -2.18. The summed E-state index contributed by atoms with van der Waals surface area (Å²) in [6.07, 6.45) is 1.79. The summed E-state index contributed by atoms with van der Waals surface area (Å²) in [6, 6.07) is 6.22. The van der Waals surface area contributed by atoms with Crippen molar-refractivity contribution in [3.8, 4) is 11.3 Å². The van der Waals surface area contributed by atoms with E-state index in [1.54, 1.807) is 13.3 Å². The summed E-state index contributed by atoms with van der Waals surface area (Å²) in [6.45, 7) is 6.26. The highest BCUT2D eigenvalue weighted by molar-refractivity contribution is 5.65. The molecular formula is C15H20N2O2. The fourth-order valence-electron chi connectivity index (χ4n) is 2.08. The van der Waals surface area contributed by atoms with Gasteiger partial charge in [-0.1, -0.05) is 18.2 Å². The number of rotatable bonds is 6. The molecule has 4 nitrogen and oxygen atoms in total. The second-order valence-corrected chi connectivity index (χ2v) is 4.55. The van der Waals surface area contributed by atoms with Gasteiger partial charge in [-0.3, -0.25) is 0 Å². The number of ether oxygens (including phenoxy) is 1. The standard InChI is InChI=1S/C15H20N2O2/c1-11-5-4-6-12(2)15(11)13-9-17-14(19-13)10-16-7-8-18-3/h4-6,9,16H,7-8,10H2,1-3H3. The van der Waals surface area contributed by atoms with Crippen LogP contribution in [0, 0.1) is 13.8 Å². The SMILES string of the molecule is COCCNCc1ncc(-c2c(C)cccc2C)o1. The van der Waals surface area contributed by atoms with Crippen molar-refractivity contribution in [1.82, 2.24) is 10.3 Å². The second-order valence-electron chi connectivity index (χ2n) is 4.55. The maximum atomic E-state index is 5.80. The summed E-state index contributed by atoms with van der Waals surface area (Å²) in [5, 5.41) is 3.22. The molecule has 0 saturated heterocycles. The second kappa shape index (κ2) is 6.50. The summed E-state index contributed by atoms with van der Waals surface area (Å²) in [5.41, 5.74) is 3.54. The highest BCUT2D eigenvalue weighted by Gasteiger charge is 2.10. The zero-order valence-corrected chi connectivity index (χ0v) is 11.7. The van der Waals surface area contributed by atoms with Crippen molar-refractivity contribution in [1.29, 1.82) is 0 Å². The van der Waals surface area contributed by atoms with Crippen LogP contribution in [0.5, 0.6) is 0 Å². The Morgan fingerprint density at radius 1 is 1.26 bits per heavy atom. The predicted molar refractivity (Wildman–Crippen MR) is 75.0 cm³/mol. The van der Waals surface area contributed by atoms with Gasteiger partial charge in [-0.15, -0.1) is 0 Å². The van der Waals surface area contributed by atoms with E-state index in [1.165, 1.54) is 11.1 Å². The summed E-state index contributed by atoms with van der Waals surface area (Å²) in [4.78, 5) is 4.30. The minimum Gasteiger partial charge on any atom is -0.439 e. The van der Waals surface area contributed by atoms with Crippen molar-refractivity contribution in [2.24, 2.45) is 0 Å². The van der Waals surface area contributed by atoms with Gasteiger partial charge in [0.05, 0.1) is 19.3 Å². The van der Waals surface area contributed by atoms with Crippen molar-refractivity contribution in [3.63, 3.8) is 0 Å². The maximum absolute atomic E-state index is 5.80. The number of hydrogen-bond donors (Lipinski definition) is 1. The molecule has 19 heavy (non-hydrogen) atoms. The Labute approximate surface area is 113 Å². The van der Waals surface area contributed by atoms with Crippen molar-refractivity contribution < 1.29 is 9.15 Å². The van der Waals surface area contributed by atoms with Crippen LogP contribution in [0.3, 0.4) is 0 Å². The Kier molecular flexibility index (Phi) is 4.71. The first-order chi connectivity index (χ1) is 9.22. The Balaban J connectivity index is 2.08. The Morgan fingerprint density at radius 2 is 2.00 bits per heavy atom. The Hall–Kier alpha value is -1.65. The lowest BCUT2D eigenvalue weighted by Gasteiger charge is -2.05. The average Bonchev–Trinajstić information content (AvgIpc) is 2.83. The monoisotopic (exact) mass is 260 g/mol. The van der Waals surface area contributed by atoms with Crippen LogP contribution in [-0.4, -0.2) is 25.2 Å². The molecule has 0 atom stereocenters. The van der Waals surface area contributed by atoms with Crippen LogP contribution >= 0.6 is 0 Å². The van der Waals surface area contributed by atoms with Gasteiger partial charge >= 0.3 is 0 Å². The van der Waals surface area contributed by atoms with E-state index in [4.69, 9.17) is 9.15 Å². The average molecular weight is 260 g/mol. The molecule has 0 spiro atoms. The summed E-state index contributed by atoms with van der Waals surface area (Å²) in [7, 11) is 1.69. The van der Waals surface area contributed by atoms with E-state index in [-0.39, 0.29) is 0 Å². The van der Waals surface area contributed by atoms with E-state index < -0.39 is 0 Å². The van der Waals surface area contributed by atoms with Crippen molar-refractivity contribution in [2.45, 2.75) is 20.4 Å². The van der Waals surface area contributed by atoms with E-state index in [1.807, 2.05) is 0 Å². The molecular weight excluding hydrogens is 240 g/mol. The molecule has 102 valence electrons. The molecule has 4 heteroatoms. The molecule has 1 aromatic heterocycles. The summed E-state index contributed by atoms with van der Waals surface area (Å²) >= 11 is 0. The van der Waals surface area contributed by atoms with Crippen LogP contribution < -0.4 is 5.32 Å². The van der Waals surface area contributed by atoms with Crippen molar-refractivity contribution in [3.05, 3.63) is 41.4 Å². The smallest absolute Gasteiger partial charge is 0.208 e. The fourth-order valence-corrected chi connectivity index (χ4v) is 2.08. The van der Waals surface area contributed by atoms with Crippen LogP contribution in [0.1, 0.15) is 17.0 Å². The van der Waals surface area contributed by atoms with Crippen LogP contribution in [0.4, 0.5) is 0 Å². The summed E-state index contributed by atoms with van der Waals surface area (Å²) in [5.74, 6) is 1.54. The number of methoxy groups -OCH3 is 1. The molecule has 0 saturated carbocycles. The number of nitrogens with zero attached hydrogens (tertiary/aromatic N) is 1. The molecule has 0 aliphatic heterocycles. The van der Waals surface area contributed by atoms with E-state index in [0.29, 0.717) is 19.0 Å². The summed E-state index contributed by atoms with van der Waals surface area (Å²) < 4.78 is 10.8. The normalized spacial score (nSPS) is 10.9. The molecule has 0 aliphatic rings. The third kappa shape index (κ3) is 3.43. The van der Waals surface area contributed by atoms with Gasteiger partial charge in [0.2, 0.25) is 5.89 Å². The van der Waals surface area contributed by atoms with Crippen LogP contribution in [0.25, 0.3) is 11.3 Å². The lowest BCUT2D eigenvalue weighted by atomic mass is 10.0. The predicted octanol–water partition coefficient (Wildman–Crippen LogP) is 2.69. The number of aromatic nitrogens is 1. The van der Waals surface area contributed by atoms with E-state index >= 15 is 0 Å². The van der Waals surface area contributed by atoms with Gasteiger partial charge in [-0.2, -0.15) is 0 Å². The first-order valence-corrected chi connectivity index (χ1v) is 6.43. The third-order valence-electron chi connectivity index (χ3n) is 3.04. The first kappa shape index (κ1) is 13.8. The van der Waals surface area contributed by atoms with Gasteiger partial charge in [0.1, 0.15) is 0 Å². The van der Waals surface area contributed by atoms with Gasteiger partial charge in [-0.25, -0.2) is 4.98 Å². The molecule has 0 bridgehead atoms. The van der Waals surface area contributed by atoms with Crippen molar-refractivity contribution in [2.75, 3.05) is 20.3 Å². The molecule has 0 amide bonds. The van der Waals surface area contributed by atoms with E-state index in [2.05, 4.69) is 42.3 Å². The molecule has 2 aromatic rings. The minimum absolute atomic E-state index is 0.619. The number of nitrogens with one attached hydrogen (secondary N) is 1. The molecule has 1 N–H and O–H groups in total. The zero-order chi connectivity index (χ0) is 13.7. The lowest BCUT2D eigenvalue weighted by molar-refractivity contribution is 0.198. The molecule has 0 fully saturated rings. The van der Waals surface area contributed by atoms with Crippen LogP contribution in [0.15, 0.2) is 28.8 Å². The Bertz CT molecular complexity index is 514. The number of aryl methyl sites for hydroxylation is 2. The van der Waals surface area contributed by atoms with Gasteiger partial charge < -0.3 is 14.5 Å². The van der Waals surface area contributed by atoms with Crippen LogP contribution in [-0.2, 0) is 11.3 Å². The minimum atomic E-state index is 0.619. The van der Waals surface area contributed by atoms with Gasteiger partial charge in [-0.05, 0) is 25.0 Å². The highest BCUT2D eigenvalue weighted by Crippen LogP contribution is 2.27. The van der Waals surface area contributed by atoms with Crippen LogP contribution in [0.2, 0.25) is 0 Å². The number of oxazole rings is 1. The molecule has 1 aromatic carbocycles. The zero-order valence-electron chi connectivity index (χ0n) is 11.7. The number of benzene rings is 1. The van der Waals surface area contributed by atoms with E-state index in [0.717, 1.165) is 17.9 Å². The molecule has 0 radical (unpaired) electrons. The maximum Gasteiger partial charge on any atom is 0.208 e. The quantitative estimate of drug-likeness (QED) is 0.811. The third-order valence-corrected chi connectivity index (χ3v) is 3.04. The van der Waals surface area contributed by atoms with E-state index in [9.17, 15) is 0 Å². The van der Waals surface area contributed by atoms with Gasteiger partial charge in [0.15, 0.2) is 5.76 Å².